The fraction of sp³-hybridized carbons (Fsp3) is 0.444. The Bertz CT molecular complexity index is 655. The summed E-state index contributed by atoms with van der Waals surface area (Å²) in [6, 6.07) is 10.9. The number of rotatable bonds is 10. The molecule has 140 valence electrons. The van der Waals surface area contributed by atoms with Crippen LogP contribution < -0.4 is 5.32 Å². The summed E-state index contributed by atoms with van der Waals surface area (Å²) in [4.78, 5) is 35.8. The summed E-state index contributed by atoms with van der Waals surface area (Å²) in [5.41, 5.74) is -1.25. The first kappa shape index (κ1) is 21.1. The van der Waals surface area contributed by atoms with Crippen molar-refractivity contribution in [3.63, 3.8) is 0 Å². The molecule has 8 nitrogen and oxygen atoms in total. The van der Waals surface area contributed by atoms with E-state index in [2.05, 4.69) is 5.32 Å². The van der Waals surface area contributed by atoms with Gasteiger partial charge in [-0.1, -0.05) is 30.3 Å². The van der Waals surface area contributed by atoms with Crippen LogP contribution in [0.25, 0.3) is 0 Å². The number of nitrogens with one attached hydrogen (secondary N) is 1. The Kier molecular flexibility index (Phi) is 8.81. The number of nitriles is 1. The number of carbonyl (C=O) groups is 3. The zero-order valence-electron chi connectivity index (χ0n) is 14.8. The number of amides is 1. The Balaban J connectivity index is 2.71. The molecule has 0 aliphatic heterocycles. The van der Waals surface area contributed by atoms with Gasteiger partial charge in [0, 0.05) is 13.5 Å². The highest BCUT2D eigenvalue weighted by Crippen LogP contribution is 2.14. The molecule has 0 heterocycles. The third-order valence-corrected chi connectivity index (χ3v) is 3.34. The molecule has 1 rings (SSSR count). The average molecular weight is 362 g/mol. The molecule has 0 saturated heterocycles. The maximum Gasteiger partial charge on any atom is 0.325 e. The van der Waals surface area contributed by atoms with Crippen molar-refractivity contribution < 1.29 is 28.6 Å². The molecule has 0 spiro atoms. The number of ether oxygens (including phenoxy) is 3. The van der Waals surface area contributed by atoms with E-state index in [0.29, 0.717) is 6.42 Å². The number of benzene rings is 1. The molecule has 0 bridgehead atoms. The molecule has 0 fully saturated rings. The minimum absolute atomic E-state index is 0.0116. The molecule has 1 aromatic rings. The number of hydrogen-bond acceptors (Lipinski definition) is 7. The Hall–Kier alpha value is -2.92. The average Bonchev–Trinajstić information content (AvgIpc) is 2.65. The predicted octanol–water partition coefficient (Wildman–Crippen LogP) is 0.750. The third-order valence-electron chi connectivity index (χ3n) is 3.34. The van der Waals surface area contributed by atoms with Gasteiger partial charge in [-0.15, -0.1) is 0 Å². The molecule has 1 atom stereocenters. The highest BCUT2D eigenvalue weighted by Gasteiger charge is 2.43. The first-order valence-electron chi connectivity index (χ1n) is 8.07. The van der Waals surface area contributed by atoms with E-state index in [1.807, 2.05) is 30.3 Å². The number of esters is 2. The summed E-state index contributed by atoms with van der Waals surface area (Å²) in [6.07, 6.45) is 0.390. The van der Waals surface area contributed by atoms with Crippen LogP contribution in [0.15, 0.2) is 30.3 Å². The Labute approximate surface area is 152 Å². The van der Waals surface area contributed by atoms with Crippen molar-refractivity contribution in [1.29, 1.82) is 5.26 Å². The van der Waals surface area contributed by atoms with Gasteiger partial charge in [-0.2, -0.15) is 5.26 Å². The minimum Gasteiger partial charge on any atom is -0.465 e. The van der Waals surface area contributed by atoms with Gasteiger partial charge in [0.25, 0.3) is 11.5 Å². The molecule has 0 saturated carbocycles. The van der Waals surface area contributed by atoms with Crippen molar-refractivity contribution in [3.05, 3.63) is 35.9 Å². The van der Waals surface area contributed by atoms with E-state index in [0.717, 1.165) is 5.56 Å². The SMILES string of the molecule is CCOC(=O)CNC(=O)C(C#N)(COC)OC(=O)CCc1ccccc1. The fourth-order valence-corrected chi connectivity index (χ4v) is 2.09. The second-order valence-corrected chi connectivity index (χ2v) is 5.32. The van der Waals surface area contributed by atoms with E-state index in [1.54, 1.807) is 13.0 Å². The van der Waals surface area contributed by atoms with Gasteiger partial charge in [0.1, 0.15) is 19.2 Å². The van der Waals surface area contributed by atoms with Crippen LogP contribution in [0.3, 0.4) is 0 Å². The van der Waals surface area contributed by atoms with Crippen LogP contribution in [0.1, 0.15) is 18.9 Å². The molecule has 0 aliphatic carbocycles. The molecule has 26 heavy (non-hydrogen) atoms. The Morgan fingerprint density at radius 1 is 1.19 bits per heavy atom. The highest BCUT2D eigenvalue weighted by atomic mass is 16.6. The maximum atomic E-state index is 12.3. The minimum atomic E-state index is -2.17. The Morgan fingerprint density at radius 3 is 2.46 bits per heavy atom. The number of nitrogens with zero attached hydrogens (tertiary/aromatic N) is 1. The summed E-state index contributed by atoms with van der Waals surface area (Å²) < 4.78 is 14.7. The fourth-order valence-electron chi connectivity index (χ4n) is 2.09. The first-order valence-corrected chi connectivity index (χ1v) is 8.07. The van der Waals surface area contributed by atoms with Crippen molar-refractivity contribution in [3.8, 4) is 6.07 Å². The quantitative estimate of drug-likeness (QED) is 0.611. The summed E-state index contributed by atoms with van der Waals surface area (Å²) in [6.45, 7) is 0.875. The van der Waals surface area contributed by atoms with Gasteiger partial charge < -0.3 is 19.5 Å². The molecular weight excluding hydrogens is 340 g/mol. The molecule has 0 aromatic heterocycles. The molecule has 1 unspecified atom stereocenters. The van der Waals surface area contributed by atoms with Crippen molar-refractivity contribution in [1.82, 2.24) is 5.32 Å². The lowest BCUT2D eigenvalue weighted by Crippen LogP contribution is -2.53. The van der Waals surface area contributed by atoms with Gasteiger partial charge in [-0.25, -0.2) is 0 Å². The number of hydrogen-bond donors (Lipinski definition) is 1. The lowest BCUT2D eigenvalue weighted by atomic mass is 10.1. The van der Waals surface area contributed by atoms with E-state index >= 15 is 0 Å². The molecular formula is C18H22N2O6. The normalized spacial score (nSPS) is 12.3. The lowest BCUT2D eigenvalue weighted by molar-refractivity contribution is -0.167. The molecule has 0 radical (unpaired) electrons. The van der Waals surface area contributed by atoms with Crippen LogP contribution in [0.2, 0.25) is 0 Å². The predicted molar refractivity (Wildman–Crippen MR) is 90.7 cm³/mol. The van der Waals surface area contributed by atoms with Crippen LogP contribution in [0, 0.1) is 11.3 Å². The molecule has 8 heteroatoms. The van der Waals surface area contributed by atoms with Gasteiger partial charge in [0.15, 0.2) is 0 Å². The summed E-state index contributed by atoms with van der Waals surface area (Å²) in [5.74, 6) is -2.33. The molecule has 0 aliphatic rings. The first-order chi connectivity index (χ1) is 12.5. The van der Waals surface area contributed by atoms with E-state index in [1.165, 1.54) is 7.11 Å². The number of methoxy groups -OCH3 is 1. The summed E-state index contributed by atoms with van der Waals surface area (Å²) in [5, 5.41) is 11.6. The van der Waals surface area contributed by atoms with Crippen molar-refractivity contribution in [2.45, 2.75) is 25.4 Å². The molecule has 1 aromatic carbocycles. The topological polar surface area (TPSA) is 115 Å². The van der Waals surface area contributed by atoms with Gasteiger partial charge in [0.05, 0.1) is 6.61 Å². The van der Waals surface area contributed by atoms with Crippen molar-refractivity contribution in [2.75, 3.05) is 26.9 Å². The van der Waals surface area contributed by atoms with Crippen LogP contribution >= 0.6 is 0 Å². The zero-order valence-corrected chi connectivity index (χ0v) is 14.8. The van der Waals surface area contributed by atoms with Gasteiger partial charge in [-0.3, -0.25) is 14.4 Å². The van der Waals surface area contributed by atoms with Crippen LogP contribution in [-0.4, -0.2) is 50.3 Å². The monoisotopic (exact) mass is 362 g/mol. The lowest BCUT2D eigenvalue weighted by Gasteiger charge is -2.24. The van der Waals surface area contributed by atoms with Crippen LogP contribution in [0.4, 0.5) is 0 Å². The van der Waals surface area contributed by atoms with Crippen LogP contribution in [-0.2, 0) is 35.0 Å². The van der Waals surface area contributed by atoms with Gasteiger partial charge in [0.2, 0.25) is 0 Å². The van der Waals surface area contributed by atoms with Gasteiger partial charge >= 0.3 is 11.9 Å². The van der Waals surface area contributed by atoms with Crippen LogP contribution in [0.5, 0.6) is 0 Å². The van der Waals surface area contributed by atoms with Gasteiger partial charge in [-0.05, 0) is 18.9 Å². The van der Waals surface area contributed by atoms with Crippen molar-refractivity contribution >= 4 is 17.8 Å². The number of carbonyl (C=O) groups excluding carboxylic acids is 3. The maximum absolute atomic E-state index is 12.3. The molecule has 1 N–H and O–H groups in total. The van der Waals surface area contributed by atoms with E-state index in [9.17, 15) is 19.6 Å². The highest BCUT2D eigenvalue weighted by molar-refractivity contribution is 5.93. The largest absolute Gasteiger partial charge is 0.465 e. The smallest absolute Gasteiger partial charge is 0.325 e. The third kappa shape index (κ3) is 6.53. The van der Waals surface area contributed by atoms with E-state index in [-0.39, 0.29) is 13.0 Å². The summed E-state index contributed by atoms with van der Waals surface area (Å²) in [7, 11) is 1.27. The van der Waals surface area contributed by atoms with E-state index in [4.69, 9.17) is 14.2 Å². The summed E-state index contributed by atoms with van der Waals surface area (Å²) >= 11 is 0. The standard InChI is InChI=1S/C18H22N2O6/c1-3-25-16(22)11-20-17(23)18(12-19,13-24-2)26-15(21)10-9-14-7-5-4-6-8-14/h4-8H,3,9-11,13H2,1-2H3,(H,20,23). The zero-order chi connectivity index (χ0) is 19.4. The molecule has 1 amide bonds. The second-order valence-electron chi connectivity index (χ2n) is 5.32. The second kappa shape index (κ2) is 10.8. The Morgan fingerprint density at radius 2 is 1.88 bits per heavy atom. The number of aryl methyl sites for hydroxylation is 1. The van der Waals surface area contributed by atoms with E-state index < -0.39 is 36.6 Å². The van der Waals surface area contributed by atoms with Crippen molar-refractivity contribution in [2.24, 2.45) is 0 Å².